The van der Waals surface area contributed by atoms with E-state index in [4.69, 9.17) is 5.73 Å². The zero-order valence-electron chi connectivity index (χ0n) is 9.22. The van der Waals surface area contributed by atoms with Gasteiger partial charge in [-0.1, -0.05) is 44.1 Å². The number of hydrogen-bond acceptors (Lipinski definition) is 1. The lowest BCUT2D eigenvalue weighted by Gasteiger charge is -2.03. The first kappa shape index (κ1) is 12.4. The first-order valence-electron chi connectivity index (χ1n) is 5.24. The third-order valence-electron chi connectivity index (χ3n) is 2.08. The van der Waals surface area contributed by atoms with E-state index in [-0.39, 0.29) is 0 Å². The molecule has 1 heteroatoms. The average Bonchev–Trinajstić information content (AvgIpc) is 2.14. The van der Waals surface area contributed by atoms with Crippen molar-refractivity contribution in [3.63, 3.8) is 0 Å². The fourth-order valence-corrected chi connectivity index (χ4v) is 0.987. The van der Waals surface area contributed by atoms with E-state index in [9.17, 15) is 0 Å². The van der Waals surface area contributed by atoms with Gasteiger partial charge in [0.1, 0.15) is 0 Å². The summed E-state index contributed by atoms with van der Waals surface area (Å²) in [5, 5.41) is 0. The van der Waals surface area contributed by atoms with Gasteiger partial charge in [-0.05, 0) is 32.2 Å². The summed E-state index contributed by atoms with van der Waals surface area (Å²) in [5.74, 6) is 0.606. The van der Waals surface area contributed by atoms with Gasteiger partial charge in [0, 0.05) is 0 Å². The summed E-state index contributed by atoms with van der Waals surface area (Å²) >= 11 is 0. The van der Waals surface area contributed by atoms with Crippen molar-refractivity contribution in [2.45, 2.75) is 40.0 Å². The highest BCUT2D eigenvalue weighted by atomic mass is 14.5. The Morgan fingerprint density at radius 2 is 2.15 bits per heavy atom. The number of nitrogens with two attached hydrogens (primary N) is 1. The molecule has 0 bridgehead atoms. The number of hydrogen-bond donors (Lipinski definition) is 1. The molecule has 1 atom stereocenters. The van der Waals surface area contributed by atoms with Crippen molar-refractivity contribution in [3.05, 3.63) is 23.8 Å². The second-order valence-corrected chi connectivity index (χ2v) is 3.72. The molecule has 2 N–H and O–H groups in total. The molecule has 0 saturated heterocycles. The third kappa shape index (κ3) is 7.79. The molecule has 13 heavy (non-hydrogen) atoms. The van der Waals surface area contributed by atoms with Crippen molar-refractivity contribution in [3.8, 4) is 0 Å². The number of allylic oxidation sites excluding steroid dienone is 4. The van der Waals surface area contributed by atoms with E-state index in [1.807, 2.05) is 0 Å². The maximum atomic E-state index is 5.53. The van der Waals surface area contributed by atoms with Crippen molar-refractivity contribution >= 4 is 0 Å². The quantitative estimate of drug-likeness (QED) is 0.625. The van der Waals surface area contributed by atoms with Gasteiger partial charge in [-0.25, -0.2) is 0 Å². The van der Waals surface area contributed by atoms with Crippen LogP contribution in [0.15, 0.2) is 23.8 Å². The van der Waals surface area contributed by atoms with E-state index >= 15 is 0 Å². The van der Waals surface area contributed by atoms with Crippen LogP contribution in [0.2, 0.25) is 0 Å². The highest BCUT2D eigenvalue weighted by molar-refractivity contribution is 5.15. The molecule has 0 saturated carbocycles. The molecular weight excluding hydrogens is 158 g/mol. The standard InChI is InChI=1S/C12H23N/c1-4-5-6-7-11(2)8-9-12(3)10-13/h6-8,12H,4-5,9-10,13H2,1-3H3/b7-6-,11-8+/t12-/m1/s1. The molecule has 0 aliphatic carbocycles. The Bertz CT molecular complexity index is 168. The van der Waals surface area contributed by atoms with E-state index < -0.39 is 0 Å². The summed E-state index contributed by atoms with van der Waals surface area (Å²) in [5.41, 5.74) is 6.89. The molecule has 1 nitrogen and oxygen atoms in total. The first-order valence-corrected chi connectivity index (χ1v) is 5.24. The first-order chi connectivity index (χ1) is 6.20. The molecule has 0 aromatic heterocycles. The highest BCUT2D eigenvalue weighted by Crippen LogP contribution is 2.05. The van der Waals surface area contributed by atoms with Gasteiger partial charge in [0.15, 0.2) is 0 Å². The Labute approximate surface area is 82.7 Å². The van der Waals surface area contributed by atoms with Crippen LogP contribution in [0.3, 0.4) is 0 Å². The lowest BCUT2D eigenvalue weighted by atomic mass is 10.1. The van der Waals surface area contributed by atoms with Crippen LogP contribution in [-0.2, 0) is 0 Å². The summed E-state index contributed by atoms with van der Waals surface area (Å²) in [7, 11) is 0. The molecule has 0 aliphatic rings. The zero-order chi connectivity index (χ0) is 10.1. The lowest BCUT2D eigenvalue weighted by molar-refractivity contribution is 0.605. The molecule has 0 aromatic rings. The maximum absolute atomic E-state index is 5.53. The second kappa shape index (κ2) is 8.06. The van der Waals surface area contributed by atoms with Gasteiger partial charge in [-0.15, -0.1) is 0 Å². The van der Waals surface area contributed by atoms with E-state index in [1.54, 1.807) is 0 Å². The van der Waals surface area contributed by atoms with Crippen molar-refractivity contribution in [1.29, 1.82) is 0 Å². The highest BCUT2D eigenvalue weighted by Gasteiger charge is 1.94. The third-order valence-corrected chi connectivity index (χ3v) is 2.08. The molecule has 0 spiro atoms. The minimum Gasteiger partial charge on any atom is -0.330 e. The van der Waals surface area contributed by atoms with Crippen molar-refractivity contribution in [2.75, 3.05) is 6.54 Å². The summed E-state index contributed by atoms with van der Waals surface area (Å²) in [6.45, 7) is 7.30. The fourth-order valence-electron chi connectivity index (χ4n) is 0.987. The predicted octanol–water partition coefficient (Wildman–Crippen LogP) is 3.27. The van der Waals surface area contributed by atoms with Gasteiger partial charge in [0.05, 0.1) is 0 Å². The van der Waals surface area contributed by atoms with Crippen LogP contribution >= 0.6 is 0 Å². The molecule has 0 aliphatic heterocycles. The van der Waals surface area contributed by atoms with Gasteiger partial charge in [0.25, 0.3) is 0 Å². The topological polar surface area (TPSA) is 26.0 Å². The molecule has 0 unspecified atom stereocenters. The van der Waals surface area contributed by atoms with Crippen LogP contribution in [0, 0.1) is 5.92 Å². The van der Waals surface area contributed by atoms with Crippen LogP contribution in [0.1, 0.15) is 40.0 Å². The summed E-state index contributed by atoms with van der Waals surface area (Å²) < 4.78 is 0. The Morgan fingerprint density at radius 3 is 2.69 bits per heavy atom. The van der Waals surface area contributed by atoms with Crippen molar-refractivity contribution in [2.24, 2.45) is 11.7 Å². The van der Waals surface area contributed by atoms with E-state index in [0.29, 0.717) is 5.92 Å². The lowest BCUT2D eigenvalue weighted by Crippen LogP contribution is -2.09. The summed E-state index contributed by atoms with van der Waals surface area (Å²) in [6, 6.07) is 0. The van der Waals surface area contributed by atoms with Gasteiger partial charge in [-0.3, -0.25) is 0 Å². The van der Waals surface area contributed by atoms with Gasteiger partial charge in [-0.2, -0.15) is 0 Å². The minimum atomic E-state index is 0.606. The van der Waals surface area contributed by atoms with Crippen LogP contribution in [0.25, 0.3) is 0 Å². The second-order valence-electron chi connectivity index (χ2n) is 3.72. The molecule has 76 valence electrons. The van der Waals surface area contributed by atoms with E-state index in [0.717, 1.165) is 13.0 Å². The van der Waals surface area contributed by atoms with Crippen molar-refractivity contribution in [1.82, 2.24) is 0 Å². The summed E-state index contributed by atoms with van der Waals surface area (Å²) in [6.07, 6.45) is 10.2. The van der Waals surface area contributed by atoms with Gasteiger partial charge in [0.2, 0.25) is 0 Å². The fraction of sp³-hybridized carbons (Fsp3) is 0.667. The number of rotatable bonds is 6. The average molecular weight is 181 g/mol. The van der Waals surface area contributed by atoms with Gasteiger partial charge < -0.3 is 5.73 Å². The Balaban J connectivity index is 3.74. The number of unbranched alkanes of at least 4 members (excludes halogenated alkanes) is 1. The van der Waals surface area contributed by atoms with Crippen LogP contribution in [0.5, 0.6) is 0 Å². The van der Waals surface area contributed by atoms with Crippen LogP contribution < -0.4 is 5.73 Å². The maximum Gasteiger partial charge on any atom is -0.00485 e. The Hall–Kier alpha value is -0.560. The molecule has 0 fully saturated rings. The molecular formula is C12H23N. The molecule has 0 rings (SSSR count). The Morgan fingerprint density at radius 1 is 1.46 bits per heavy atom. The normalized spacial score (nSPS) is 15.2. The SMILES string of the molecule is CCC/C=C\C(C)=C\C[C@@H](C)CN. The van der Waals surface area contributed by atoms with Gasteiger partial charge >= 0.3 is 0 Å². The smallest absolute Gasteiger partial charge is 0.00485 e. The van der Waals surface area contributed by atoms with Crippen LogP contribution in [0.4, 0.5) is 0 Å². The molecule has 0 amide bonds. The van der Waals surface area contributed by atoms with E-state index in [2.05, 4.69) is 39.0 Å². The zero-order valence-corrected chi connectivity index (χ0v) is 9.22. The molecule has 0 heterocycles. The largest absolute Gasteiger partial charge is 0.330 e. The monoisotopic (exact) mass is 181 g/mol. The minimum absolute atomic E-state index is 0.606. The predicted molar refractivity (Wildman–Crippen MR) is 60.6 cm³/mol. The Kier molecular flexibility index (Phi) is 7.71. The van der Waals surface area contributed by atoms with E-state index in [1.165, 1.54) is 18.4 Å². The molecule has 0 radical (unpaired) electrons. The van der Waals surface area contributed by atoms with Crippen LogP contribution in [-0.4, -0.2) is 6.54 Å². The summed E-state index contributed by atoms with van der Waals surface area (Å²) in [4.78, 5) is 0. The molecule has 0 aromatic carbocycles. The van der Waals surface area contributed by atoms with Crippen molar-refractivity contribution < 1.29 is 0 Å².